The number of hydrogen-bond donors (Lipinski definition) is 1. The number of hydrogen-bond acceptors (Lipinski definition) is 8. The Balaban J connectivity index is 3.89. The van der Waals surface area contributed by atoms with Crippen LogP contribution in [0.3, 0.4) is 0 Å². The van der Waals surface area contributed by atoms with Crippen LogP contribution in [0.1, 0.15) is 74.8 Å². The summed E-state index contributed by atoms with van der Waals surface area (Å²) in [5.74, 6) is 0.0308. The van der Waals surface area contributed by atoms with Crippen LogP contribution < -0.4 is 10.5 Å². The monoisotopic (exact) mass is 505 g/mol. The third-order valence-electron chi connectivity index (χ3n) is 4.09. The van der Waals surface area contributed by atoms with Crippen LogP contribution in [0.5, 0.6) is 5.75 Å². The largest absolute Gasteiger partial charge is 0.496 e. The van der Waals surface area contributed by atoms with Gasteiger partial charge in [0, 0.05) is 16.8 Å². The molecule has 36 heavy (non-hydrogen) atoms. The SMILES string of the molecule is COc1ccccc1/C(N)=C(C)/C(=N/C(=O)OC(C)(C)C)N(C(=O)OC(C)(C)C)C(=O)OC(C)(C)C. The van der Waals surface area contributed by atoms with E-state index in [0.29, 0.717) is 16.2 Å². The fraction of sp³-hybridized carbons (Fsp3) is 0.538. The average molecular weight is 506 g/mol. The number of benzene rings is 1. The lowest BCUT2D eigenvalue weighted by molar-refractivity contribution is 0.0148. The van der Waals surface area contributed by atoms with Crippen molar-refractivity contribution in [2.75, 3.05) is 7.11 Å². The van der Waals surface area contributed by atoms with E-state index >= 15 is 0 Å². The van der Waals surface area contributed by atoms with Crippen LogP contribution >= 0.6 is 0 Å². The highest BCUT2D eigenvalue weighted by Crippen LogP contribution is 2.27. The summed E-state index contributed by atoms with van der Waals surface area (Å²) in [6, 6.07) is 6.88. The number of amidine groups is 1. The molecule has 0 aliphatic rings. The molecule has 0 fully saturated rings. The van der Waals surface area contributed by atoms with Crippen molar-refractivity contribution in [3.05, 3.63) is 35.4 Å². The molecule has 0 saturated heterocycles. The number of nitrogens with two attached hydrogens (primary N) is 1. The molecule has 0 heterocycles. The van der Waals surface area contributed by atoms with E-state index in [0.717, 1.165) is 0 Å². The summed E-state index contributed by atoms with van der Waals surface area (Å²) in [6.45, 7) is 16.3. The zero-order valence-corrected chi connectivity index (χ0v) is 23.1. The van der Waals surface area contributed by atoms with Crippen molar-refractivity contribution in [3.8, 4) is 5.75 Å². The van der Waals surface area contributed by atoms with Crippen LogP contribution in [0.2, 0.25) is 0 Å². The van der Waals surface area contributed by atoms with Gasteiger partial charge in [-0.1, -0.05) is 12.1 Å². The zero-order valence-electron chi connectivity index (χ0n) is 23.1. The molecule has 10 nitrogen and oxygen atoms in total. The molecule has 200 valence electrons. The first-order chi connectivity index (χ1) is 16.3. The molecular formula is C26H39N3O7. The Bertz CT molecular complexity index is 1010. The number of methoxy groups -OCH3 is 1. The number of ether oxygens (including phenoxy) is 4. The molecule has 0 spiro atoms. The number of nitrogens with zero attached hydrogens (tertiary/aromatic N) is 2. The average Bonchev–Trinajstić information content (AvgIpc) is 2.68. The van der Waals surface area contributed by atoms with Gasteiger partial charge in [0.25, 0.3) is 0 Å². The number of para-hydroxylation sites is 1. The molecule has 3 amide bonds. The molecule has 10 heteroatoms. The second-order valence-electron chi connectivity index (χ2n) is 11.0. The van der Waals surface area contributed by atoms with E-state index in [4.69, 9.17) is 24.7 Å². The molecule has 1 aromatic rings. The van der Waals surface area contributed by atoms with Crippen LogP contribution in [-0.4, -0.2) is 52.9 Å². The van der Waals surface area contributed by atoms with Gasteiger partial charge in [0.05, 0.1) is 7.11 Å². The van der Waals surface area contributed by atoms with Crippen molar-refractivity contribution in [1.82, 2.24) is 4.90 Å². The first kappa shape index (κ1) is 30.5. The topological polar surface area (TPSA) is 130 Å². The van der Waals surface area contributed by atoms with E-state index in [9.17, 15) is 14.4 Å². The highest BCUT2D eigenvalue weighted by molar-refractivity contribution is 6.20. The van der Waals surface area contributed by atoms with Gasteiger partial charge in [-0.3, -0.25) is 0 Å². The summed E-state index contributed by atoms with van der Waals surface area (Å²) in [6.07, 6.45) is -3.25. The lowest BCUT2D eigenvalue weighted by Crippen LogP contribution is -2.48. The van der Waals surface area contributed by atoms with Crippen molar-refractivity contribution in [3.63, 3.8) is 0 Å². The summed E-state index contributed by atoms with van der Waals surface area (Å²) in [4.78, 5) is 43.8. The zero-order chi connectivity index (χ0) is 28.1. The molecule has 0 aromatic heterocycles. The number of imide groups is 1. The summed E-state index contributed by atoms with van der Waals surface area (Å²) in [7, 11) is 1.48. The molecule has 1 aromatic carbocycles. The minimum atomic E-state index is -1.11. The summed E-state index contributed by atoms with van der Waals surface area (Å²) < 4.78 is 21.6. The van der Waals surface area contributed by atoms with E-state index in [1.807, 2.05) is 0 Å². The third kappa shape index (κ3) is 9.59. The normalized spacial score (nSPS) is 13.4. The molecule has 1 rings (SSSR count). The highest BCUT2D eigenvalue weighted by atomic mass is 16.6. The predicted octanol–water partition coefficient (Wildman–Crippen LogP) is 5.89. The molecular weight excluding hydrogens is 466 g/mol. The highest BCUT2D eigenvalue weighted by Gasteiger charge is 2.37. The fourth-order valence-electron chi connectivity index (χ4n) is 2.73. The van der Waals surface area contributed by atoms with E-state index < -0.39 is 40.9 Å². The Morgan fingerprint density at radius 1 is 0.806 bits per heavy atom. The molecule has 2 N–H and O–H groups in total. The fourth-order valence-corrected chi connectivity index (χ4v) is 2.73. The minimum Gasteiger partial charge on any atom is -0.496 e. The summed E-state index contributed by atoms with van der Waals surface area (Å²) in [5, 5.41) is 0. The number of carbonyl (C=O) groups is 3. The number of carbonyl (C=O) groups excluding carboxylic acids is 3. The standard InChI is InChI=1S/C26H39N3O7/c1-16(19(27)17-14-12-13-15-18(17)33-11)20(28-21(30)34-24(2,3)4)29(22(31)35-25(5,6)7)23(32)36-26(8,9)10/h12-15H,27H2,1-11H3/b19-16-,28-20-. The van der Waals surface area contributed by atoms with E-state index in [1.165, 1.54) is 14.0 Å². The maximum Gasteiger partial charge on any atom is 0.436 e. The van der Waals surface area contributed by atoms with Crippen LogP contribution in [0, 0.1) is 0 Å². The molecule has 0 aliphatic heterocycles. The van der Waals surface area contributed by atoms with Gasteiger partial charge >= 0.3 is 18.3 Å². The quantitative estimate of drug-likeness (QED) is 0.306. The van der Waals surface area contributed by atoms with Gasteiger partial charge in [0.1, 0.15) is 22.6 Å². The summed E-state index contributed by atoms with van der Waals surface area (Å²) in [5.41, 5.74) is 4.29. The van der Waals surface area contributed by atoms with Gasteiger partial charge in [0.2, 0.25) is 0 Å². The minimum absolute atomic E-state index is 0.104. The van der Waals surface area contributed by atoms with Crippen LogP contribution in [0.25, 0.3) is 5.70 Å². The second-order valence-corrected chi connectivity index (χ2v) is 11.0. The molecule has 0 saturated carbocycles. The van der Waals surface area contributed by atoms with Gasteiger partial charge in [-0.05, 0) is 81.4 Å². The van der Waals surface area contributed by atoms with Gasteiger partial charge in [-0.15, -0.1) is 0 Å². The van der Waals surface area contributed by atoms with E-state index in [-0.39, 0.29) is 11.3 Å². The molecule has 0 atom stereocenters. The smallest absolute Gasteiger partial charge is 0.436 e. The Morgan fingerprint density at radius 3 is 1.67 bits per heavy atom. The number of rotatable bonds is 3. The lowest BCUT2D eigenvalue weighted by atomic mass is 10.1. The number of aliphatic imine (C=N–C) groups is 1. The predicted molar refractivity (Wildman–Crippen MR) is 138 cm³/mol. The van der Waals surface area contributed by atoms with Gasteiger partial charge in [0.15, 0.2) is 5.84 Å². The van der Waals surface area contributed by atoms with E-state index in [1.54, 1.807) is 86.6 Å². The van der Waals surface area contributed by atoms with Gasteiger partial charge in [-0.25, -0.2) is 14.4 Å². The van der Waals surface area contributed by atoms with Crippen LogP contribution in [-0.2, 0) is 14.2 Å². The second kappa shape index (κ2) is 11.5. The lowest BCUT2D eigenvalue weighted by Gasteiger charge is -2.29. The third-order valence-corrected chi connectivity index (χ3v) is 4.09. The van der Waals surface area contributed by atoms with Crippen molar-refractivity contribution < 1.29 is 33.3 Å². The number of amides is 3. The molecule has 0 aliphatic carbocycles. The van der Waals surface area contributed by atoms with Crippen molar-refractivity contribution in [1.29, 1.82) is 0 Å². The van der Waals surface area contributed by atoms with Gasteiger partial charge < -0.3 is 24.7 Å². The molecule has 0 unspecified atom stereocenters. The Labute approximate surface area is 213 Å². The summed E-state index contributed by atoms with van der Waals surface area (Å²) >= 11 is 0. The first-order valence-corrected chi connectivity index (χ1v) is 11.4. The molecule has 0 bridgehead atoms. The van der Waals surface area contributed by atoms with Crippen molar-refractivity contribution in [2.24, 2.45) is 10.7 Å². The van der Waals surface area contributed by atoms with Crippen molar-refractivity contribution >= 4 is 29.8 Å². The van der Waals surface area contributed by atoms with Gasteiger partial charge in [-0.2, -0.15) is 9.89 Å². The maximum atomic E-state index is 13.3. The first-order valence-electron chi connectivity index (χ1n) is 11.4. The maximum absolute atomic E-state index is 13.3. The Morgan fingerprint density at radius 2 is 1.25 bits per heavy atom. The Hall–Kier alpha value is -3.56. The molecule has 0 radical (unpaired) electrons. The van der Waals surface area contributed by atoms with Crippen LogP contribution in [0.15, 0.2) is 34.8 Å². The van der Waals surface area contributed by atoms with E-state index in [2.05, 4.69) is 4.99 Å². The van der Waals surface area contributed by atoms with Crippen molar-refractivity contribution in [2.45, 2.75) is 86.0 Å². The van der Waals surface area contributed by atoms with Crippen LogP contribution in [0.4, 0.5) is 14.4 Å². The Kier molecular flexibility index (Phi) is 9.69.